The van der Waals surface area contributed by atoms with Gasteiger partial charge in [0.15, 0.2) is 5.78 Å². The van der Waals surface area contributed by atoms with Crippen molar-refractivity contribution in [3.63, 3.8) is 0 Å². The SMILES string of the molecule is CCCCN1C(=N)c2cc3c(cc2C1=O)C(=O)C1C(c2ccc(CCC[N+]4([O-])CCc5c(ccc6c5CC[N+]([O-])(CC)C6)C4)cc2)[C@@H]1C3=N. The van der Waals surface area contributed by atoms with Gasteiger partial charge in [-0.15, -0.1) is 0 Å². The molecule has 49 heavy (non-hydrogen) atoms. The Morgan fingerprint density at radius 1 is 0.776 bits per heavy atom. The van der Waals surface area contributed by atoms with E-state index in [0.29, 0.717) is 73.8 Å². The number of hydrogen-bond donors (Lipinski definition) is 2. The van der Waals surface area contributed by atoms with Crippen LogP contribution in [0.5, 0.6) is 0 Å². The van der Waals surface area contributed by atoms with E-state index in [9.17, 15) is 20.0 Å². The highest BCUT2D eigenvalue weighted by atomic mass is 16.5. The molecule has 4 unspecified atom stereocenters. The number of benzene rings is 3. The molecule has 3 aromatic carbocycles. The average molecular weight is 660 g/mol. The molecular weight excluding hydrogens is 614 g/mol. The van der Waals surface area contributed by atoms with Crippen LogP contribution < -0.4 is 0 Å². The van der Waals surface area contributed by atoms with Crippen LogP contribution in [0.1, 0.15) is 104 Å². The quantitative estimate of drug-likeness (QED) is 0.208. The fourth-order valence-corrected chi connectivity index (χ4v) is 9.15. The van der Waals surface area contributed by atoms with E-state index in [1.54, 1.807) is 12.1 Å². The Balaban J connectivity index is 0.898. The normalized spacial score (nSPS) is 28.2. The number of hydroxylamine groups is 6. The van der Waals surface area contributed by atoms with Crippen molar-refractivity contribution in [2.45, 2.75) is 71.4 Å². The lowest BCUT2D eigenvalue weighted by Gasteiger charge is -2.48. The van der Waals surface area contributed by atoms with Gasteiger partial charge in [0.1, 0.15) is 18.9 Å². The van der Waals surface area contributed by atoms with Gasteiger partial charge in [-0.05, 0) is 54.2 Å². The minimum Gasteiger partial charge on any atom is -0.633 e. The number of nitrogens with zero attached hydrogens (tertiary/aromatic N) is 3. The summed E-state index contributed by atoms with van der Waals surface area (Å²) in [6.45, 7) is 7.89. The average Bonchev–Trinajstić information content (AvgIpc) is 3.81. The molecule has 3 aromatic rings. The number of nitrogens with one attached hydrogen (secondary N) is 2. The third-order valence-corrected chi connectivity index (χ3v) is 12.2. The van der Waals surface area contributed by atoms with E-state index in [4.69, 9.17) is 10.8 Å². The standard InChI is InChI=1S/C40H45N5O4/c1-3-5-16-43-39(42)32-20-30-31(21-33(32)40(43)47)38(46)36-34(35(36)37(30)41)25-10-8-24(9-11-25)7-6-17-45(49)19-15-29-27(23-45)13-12-26-22-44(48,4-2)18-14-28(26)29/h8-13,20-21,34-36,41-42H,3-7,14-19,22-23H2,1-2H3/t34?,35-,36?,44?,45?/m0/s1. The molecule has 2 N–H and O–H groups in total. The summed E-state index contributed by atoms with van der Waals surface area (Å²) in [7, 11) is 0. The molecule has 1 fully saturated rings. The largest absolute Gasteiger partial charge is 0.633 e. The molecule has 0 spiro atoms. The van der Waals surface area contributed by atoms with Crippen LogP contribution in [-0.2, 0) is 32.4 Å². The molecule has 3 heterocycles. The zero-order chi connectivity index (χ0) is 34.2. The van der Waals surface area contributed by atoms with Crippen molar-refractivity contribution < 1.29 is 18.9 Å². The fourth-order valence-electron chi connectivity index (χ4n) is 9.15. The number of aryl methyl sites for hydroxylation is 1. The van der Waals surface area contributed by atoms with Crippen LogP contribution in [0.3, 0.4) is 0 Å². The van der Waals surface area contributed by atoms with Gasteiger partial charge in [0.05, 0.1) is 31.7 Å². The predicted octanol–water partition coefficient (Wildman–Crippen LogP) is 6.26. The number of amidine groups is 1. The molecule has 9 heteroatoms. The number of likely N-dealkylation sites (N-methyl/N-ethyl adjacent to an activating group) is 1. The Labute approximate surface area is 287 Å². The number of quaternary nitrogens is 2. The summed E-state index contributed by atoms with van der Waals surface area (Å²) < 4.78 is -0.357. The zero-order valence-corrected chi connectivity index (χ0v) is 28.5. The van der Waals surface area contributed by atoms with Gasteiger partial charge in [-0.1, -0.05) is 49.7 Å². The summed E-state index contributed by atoms with van der Waals surface area (Å²) in [5.41, 5.74) is 9.53. The van der Waals surface area contributed by atoms with Crippen LogP contribution in [0, 0.1) is 33.1 Å². The van der Waals surface area contributed by atoms with Crippen LogP contribution in [0.25, 0.3) is 0 Å². The van der Waals surface area contributed by atoms with Crippen molar-refractivity contribution in [1.29, 1.82) is 10.8 Å². The molecule has 0 bridgehead atoms. The van der Waals surface area contributed by atoms with Gasteiger partial charge in [-0.25, -0.2) is 0 Å². The number of hydrogen-bond acceptors (Lipinski definition) is 6. The maximum absolute atomic E-state index is 13.8. The smallest absolute Gasteiger partial charge is 0.260 e. The van der Waals surface area contributed by atoms with E-state index in [-0.39, 0.29) is 44.6 Å². The number of carbonyl (C=O) groups excluding carboxylic acids is 2. The minimum atomic E-state index is -0.290. The maximum Gasteiger partial charge on any atom is 0.260 e. The predicted molar refractivity (Wildman–Crippen MR) is 189 cm³/mol. The third kappa shape index (κ3) is 5.30. The van der Waals surface area contributed by atoms with Crippen LogP contribution in [-0.4, -0.2) is 70.2 Å². The molecule has 0 aromatic heterocycles. The van der Waals surface area contributed by atoms with Crippen LogP contribution >= 0.6 is 0 Å². The number of ketones is 1. The lowest BCUT2D eigenvalue weighted by atomic mass is 9.86. The Kier molecular flexibility index (Phi) is 7.75. The second-order valence-corrected chi connectivity index (χ2v) is 15.1. The van der Waals surface area contributed by atoms with Crippen molar-refractivity contribution >= 4 is 23.2 Å². The van der Waals surface area contributed by atoms with Crippen LogP contribution in [0.15, 0.2) is 48.5 Å². The van der Waals surface area contributed by atoms with Gasteiger partial charge < -0.3 is 25.1 Å². The second-order valence-electron chi connectivity index (χ2n) is 15.1. The Bertz CT molecular complexity index is 1860. The van der Waals surface area contributed by atoms with Crippen molar-refractivity contribution in [2.75, 3.05) is 32.7 Å². The molecule has 254 valence electrons. The topological polar surface area (TPSA) is 131 Å². The van der Waals surface area contributed by atoms with Crippen molar-refractivity contribution in [3.05, 3.63) is 115 Å². The molecular formula is C40H45N5O4. The maximum atomic E-state index is 13.8. The molecule has 0 radical (unpaired) electrons. The molecule has 2 aliphatic carbocycles. The Morgan fingerprint density at radius 2 is 1.43 bits per heavy atom. The molecule has 3 aliphatic heterocycles. The number of unbranched alkanes of at least 4 members (excludes halogenated alkanes) is 1. The van der Waals surface area contributed by atoms with E-state index < -0.39 is 0 Å². The molecule has 1 saturated carbocycles. The number of fused-ring (bicyclic) bond motifs is 6. The summed E-state index contributed by atoms with van der Waals surface area (Å²) >= 11 is 0. The summed E-state index contributed by atoms with van der Waals surface area (Å²) in [4.78, 5) is 28.3. The van der Waals surface area contributed by atoms with Crippen LogP contribution in [0.4, 0.5) is 0 Å². The third-order valence-electron chi connectivity index (χ3n) is 12.2. The Morgan fingerprint density at radius 3 is 2.10 bits per heavy atom. The lowest BCUT2D eigenvalue weighted by Crippen LogP contribution is -2.48. The first kappa shape index (κ1) is 32.2. The molecule has 5 atom stereocenters. The van der Waals surface area contributed by atoms with Gasteiger partial charge >= 0.3 is 0 Å². The number of Topliss-reactive ketones (excluding diaryl/α,β-unsaturated/α-hetero) is 1. The summed E-state index contributed by atoms with van der Waals surface area (Å²) in [5, 5.41) is 44.3. The van der Waals surface area contributed by atoms with Crippen molar-refractivity contribution in [1.82, 2.24) is 4.90 Å². The number of rotatable bonds is 9. The van der Waals surface area contributed by atoms with Gasteiger partial charge in [0.25, 0.3) is 5.91 Å². The molecule has 0 saturated heterocycles. The number of carbonyl (C=O) groups is 2. The van der Waals surface area contributed by atoms with E-state index in [0.717, 1.165) is 55.2 Å². The van der Waals surface area contributed by atoms with E-state index in [1.165, 1.54) is 21.6 Å². The highest BCUT2D eigenvalue weighted by Crippen LogP contribution is 2.59. The van der Waals surface area contributed by atoms with Gasteiger partial charge in [-0.3, -0.25) is 19.9 Å². The van der Waals surface area contributed by atoms with Gasteiger partial charge in [-0.2, -0.15) is 0 Å². The van der Waals surface area contributed by atoms with E-state index in [1.807, 2.05) is 13.8 Å². The lowest BCUT2D eigenvalue weighted by molar-refractivity contribution is -0.896. The summed E-state index contributed by atoms with van der Waals surface area (Å²) in [6, 6.07) is 15.9. The van der Waals surface area contributed by atoms with Gasteiger partial charge in [0.2, 0.25) is 0 Å². The zero-order valence-electron chi connectivity index (χ0n) is 28.5. The first-order valence-corrected chi connectivity index (χ1v) is 18.1. The Hall–Kier alpha value is -4.02. The molecule has 9 nitrogen and oxygen atoms in total. The van der Waals surface area contributed by atoms with Crippen molar-refractivity contribution in [2.24, 2.45) is 11.8 Å². The highest BCUT2D eigenvalue weighted by Gasteiger charge is 2.61. The minimum absolute atomic E-state index is 0.00839. The van der Waals surface area contributed by atoms with Crippen LogP contribution in [0.2, 0.25) is 0 Å². The monoisotopic (exact) mass is 659 g/mol. The van der Waals surface area contributed by atoms with Gasteiger partial charge in [0, 0.05) is 77.1 Å². The molecule has 5 aliphatic rings. The molecule has 1 amide bonds. The first-order valence-electron chi connectivity index (χ1n) is 18.1. The van der Waals surface area contributed by atoms with E-state index >= 15 is 0 Å². The molecule has 8 rings (SSSR count). The first-order chi connectivity index (χ1) is 23.5. The summed E-state index contributed by atoms with van der Waals surface area (Å²) in [6.07, 6.45) is 4.90. The summed E-state index contributed by atoms with van der Waals surface area (Å²) in [5.74, 6) is -0.602. The highest BCUT2D eigenvalue weighted by molar-refractivity contribution is 6.27. The second kappa shape index (κ2) is 11.8. The van der Waals surface area contributed by atoms with Crippen molar-refractivity contribution in [3.8, 4) is 0 Å². The fraction of sp³-hybridized carbons (Fsp3) is 0.450. The van der Waals surface area contributed by atoms with E-state index in [2.05, 4.69) is 36.4 Å². The number of amides is 1.